The Kier molecular flexibility index (Phi) is 6.55. The first-order chi connectivity index (χ1) is 13.7. The van der Waals surface area contributed by atoms with Crippen LogP contribution in [0.2, 0.25) is 0 Å². The van der Waals surface area contributed by atoms with Crippen LogP contribution in [0.3, 0.4) is 0 Å². The van der Waals surface area contributed by atoms with Gasteiger partial charge in [0.1, 0.15) is 17.4 Å². The molecule has 3 aromatic rings. The van der Waals surface area contributed by atoms with Crippen LogP contribution < -0.4 is 10.1 Å². The van der Waals surface area contributed by atoms with E-state index in [2.05, 4.69) is 10.3 Å². The van der Waals surface area contributed by atoms with Crippen LogP contribution in [-0.2, 0) is 4.79 Å². The molecule has 1 heterocycles. The van der Waals surface area contributed by atoms with Crippen molar-refractivity contribution in [2.45, 2.75) is 13.3 Å². The van der Waals surface area contributed by atoms with Crippen molar-refractivity contribution in [2.75, 3.05) is 11.9 Å². The molecule has 0 fully saturated rings. The second-order valence-corrected chi connectivity index (χ2v) is 6.77. The zero-order valence-electron chi connectivity index (χ0n) is 15.4. The number of ether oxygens (including phenoxy) is 1. The van der Waals surface area contributed by atoms with Crippen molar-refractivity contribution in [3.8, 4) is 23.1 Å². The van der Waals surface area contributed by atoms with E-state index in [4.69, 9.17) is 4.74 Å². The van der Waals surface area contributed by atoms with Crippen molar-refractivity contribution in [3.63, 3.8) is 0 Å². The highest BCUT2D eigenvalue weighted by atomic mass is 32.1. The molecular weight excluding hydrogens is 370 g/mol. The van der Waals surface area contributed by atoms with Gasteiger partial charge in [0.2, 0.25) is 0 Å². The predicted octanol–water partition coefficient (Wildman–Crippen LogP) is 5.14. The first-order valence-corrected chi connectivity index (χ1v) is 9.75. The Balaban J connectivity index is 1.77. The third kappa shape index (κ3) is 4.84. The number of para-hydroxylation sites is 1. The molecule has 1 aromatic heterocycles. The Morgan fingerprint density at radius 3 is 2.71 bits per heavy atom. The molecule has 1 amide bonds. The molecule has 2 aromatic carbocycles. The van der Waals surface area contributed by atoms with Crippen LogP contribution in [0.1, 0.15) is 18.9 Å². The molecule has 0 aliphatic heterocycles. The van der Waals surface area contributed by atoms with Gasteiger partial charge in [-0.15, -0.1) is 11.3 Å². The second-order valence-electron chi connectivity index (χ2n) is 5.91. The van der Waals surface area contributed by atoms with Crippen molar-refractivity contribution >= 4 is 28.5 Å². The number of nitrogens with zero attached hydrogens (tertiary/aromatic N) is 2. The summed E-state index contributed by atoms with van der Waals surface area (Å²) in [6.45, 7) is 2.59. The summed E-state index contributed by atoms with van der Waals surface area (Å²) in [6, 6.07) is 19.0. The third-order valence-electron chi connectivity index (χ3n) is 3.84. The van der Waals surface area contributed by atoms with E-state index >= 15 is 0 Å². The molecule has 0 unspecified atom stereocenters. The van der Waals surface area contributed by atoms with Crippen LogP contribution in [-0.4, -0.2) is 17.5 Å². The number of hydrogen-bond acceptors (Lipinski definition) is 5. The van der Waals surface area contributed by atoms with Crippen molar-refractivity contribution < 1.29 is 9.53 Å². The highest BCUT2D eigenvalue weighted by molar-refractivity contribution is 7.14. The quantitative estimate of drug-likeness (QED) is 0.448. The molecule has 0 radical (unpaired) electrons. The van der Waals surface area contributed by atoms with E-state index in [0.717, 1.165) is 17.7 Å². The number of benzene rings is 2. The van der Waals surface area contributed by atoms with Gasteiger partial charge in [-0.05, 0) is 18.6 Å². The van der Waals surface area contributed by atoms with Crippen LogP contribution in [0.25, 0.3) is 17.3 Å². The zero-order valence-corrected chi connectivity index (χ0v) is 16.2. The molecular formula is C22H19N3O2S. The number of nitriles is 1. The Morgan fingerprint density at radius 2 is 1.96 bits per heavy atom. The maximum Gasteiger partial charge on any atom is 0.268 e. The maximum atomic E-state index is 12.5. The number of nitrogens with one attached hydrogen (secondary N) is 1. The van der Waals surface area contributed by atoms with Gasteiger partial charge in [0.15, 0.2) is 5.13 Å². The SMILES string of the molecule is CCCOc1ccccc1/C=C(\C#N)C(=O)Nc1nc(-c2ccccc2)cs1. The van der Waals surface area contributed by atoms with Crippen molar-refractivity contribution in [1.29, 1.82) is 5.26 Å². The molecule has 5 nitrogen and oxygen atoms in total. The van der Waals surface area contributed by atoms with E-state index in [1.54, 1.807) is 0 Å². The van der Waals surface area contributed by atoms with Gasteiger partial charge in [-0.3, -0.25) is 10.1 Å². The number of amides is 1. The number of anilines is 1. The number of rotatable bonds is 7. The molecule has 0 aliphatic rings. The fraction of sp³-hybridized carbons (Fsp3) is 0.136. The van der Waals surface area contributed by atoms with Gasteiger partial charge in [-0.25, -0.2) is 4.98 Å². The van der Waals surface area contributed by atoms with E-state index in [0.29, 0.717) is 23.1 Å². The Labute approximate surface area is 167 Å². The molecule has 28 heavy (non-hydrogen) atoms. The molecule has 1 N–H and O–H groups in total. The first kappa shape index (κ1) is 19.3. The standard InChI is InChI=1S/C22H19N3O2S/c1-2-12-27-20-11-7-6-10-17(20)13-18(14-23)21(26)25-22-24-19(15-28-22)16-8-4-3-5-9-16/h3-11,13,15H,2,12H2,1H3,(H,24,25,26)/b18-13+. The van der Waals surface area contributed by atoms with E-state index in [9.17, 15) is 10.1 Å². The topological polar surface area (TPSA) is 75.0 Å². The Morgan fingerprint density at radius 1 is 1.21 bits per heavy atom. The molecule has 0 aliphatic carbocycles. The van der Waals surface area contributed by atoms with Gasteiger partial charge in [-0.2, -0.15) is 5.26 Å². The summed E-state index contributed by atoms with van der Waals surface area (Å²) >= 11 is 1.32. The number of carbonyl (C=O) groups is 1. The zero-order chi connectivity index (χ0) is 19.8. The molecule has 0 saturated carbocycles. The summed E-state index contributed by atoms with van der Waals surface area (Å²) < 4.78 is 5.69. The lowest BCUT2D eigenvalue weighted by molar-refractivity contribution is -0.112. The summed E-state index contributed by atoms with van der Waals surface area (Å²) in [5.41, 5.74) is 2.43. The summed E-state index contributed by atoms with van der Waals surface area (Å²) in [5, 5.41) is 14.5. The van der Waals surface area contributed by atoms with E-state index in [1.807, 2.05) is 73.0 Å². The summed E-state index contributed by atoms with van der Waals surface area (Å²) in [7, 11) is 0. The molecule has 0 bridgehead atoms. The molecule has 3 rings (SSSR count). The average Bonchev–Trinajstić information content (AvgIpc) is 3.20. The minimum Gasteiger partial charge on any atom is -0.493 e. The third-order valence-corrected chi connectivity index (χ3v) is 4.60. The van der Waals surface area contributed by atoms with Crippen molar-refractivity contribution in [2.24, 2.45) is 0 Å². The number of aromatic nitrogens is 1. The molecule has 0 saturated heterocycles. The van der Waals surface area contributed by atoms with E-state index < -0.39 is 5.91 Å². The van der Waals surface area contributed by atoms with E-state index in [-0.39, 0.29) is 5.57 Å². The molecule has 0 spiro atoms. The molecule has 0 atom stereocenters. The van der Waals surface area contributed by atoms with Gasteiger partial charge in [0, 0.05) is 16.5 Å². The Bertz CT molecular complexity index is 1020. The first-order valence-electron chi connectivity index (χ1n) is 8.87. The van der Waals surface area contributed by atoms with Crippen LogP contribution in [0.5, 0.6) is 5.75 Å². The van der Waals surface area contributed by atoms with Gasteiger partial charge < -0.3 is 4.74 Å². The Hall–Kier alpha value is -3.43. The maximum absolute atomic E-state index is 12.5. The number of carbonyl (C=O) groups excluding carboxylic acids is 1. The molecule has 140 valence electrons. The number of thiazole rings is 1. The lowest BCUT2D eigenvalue weighted by atomic mass is 10.1. The lowest BCUT2D eigenvalue weighted by Crippen LogP contribution is -2.13. The number of hydrogen-bond donors (Lipinski definition) is 1. The average molecular weight is 389 g/mol. The lowest BCUT2D eigenvalue weighted by Gasteiger charge is -2.08. The summed E-state index contributed by atoms with van der Waals surface area (Å²) in [4.78, 5) is 17.0. The van der Waals surface area contributed by atoms with Gasteiger partial charge in [-0.1, -0.05) is 55.5 Å². The van der Waals surface area contributed by atoms with Crippen LogP contribution in [0, 0.1) is 11.3 Å². The van der Waals surface area contributed by atoms with Gasteiger partial charge in [0.25, 0.3) is 5.91 Å². The monoisotopic (exact) mass is 389 g/mol. The minimum absolute atomic E-state index is 0.0102. The normalized spacial score (nSPS) is 10.9. The smallest absolute Gasteiger partial charge is 0.268 e. The largest absolute Gasteiger partial charge is 0.493 e. The van der Waals surface area contributed by atoms with Crippen LogP contribution in [0.4, 0.5) is 5.13 Å². The van der Waals surface area contributed by atoms with Crippen molar-refractivity contribution in [1.82, 2.24) is 4.98 Å². The highest BCUT2D eigenvalue weighted by Crippen LogP contribution is 2.25. The molecule has 6 heteroatoms. The van der Waals surface area contributed by atoms with Crippen molar-refractivity contribution in [3.05, 3.63) is 71.1 Å². The highest BCUT2D eigenvalue weighted by Gasteiger charge is 2.13. The van der Waals surface area contributed by atoms with Gasteiger partial charge in [0.05, 0.1) is 12.3 Å². The van der Waals surface area contributed by atoms with E-state index in [1.165, 1.54) is 17.4 Å². The second kappa shape index (κ2) is 9.49. The predicted molar refractivity (Wildman–Crippen MR) is 112 cm³/mol. The summed E-state index contributed by atoms with van der Waals surface area (Å²) in [6.07, 6.45) is 2.41. The van der Waals surface area contributed by atoms with Crippen LogP contribution >= 0.6 is 11.3 Å². The van der Waals surface area contributed by atoms with Gasteiger partial charge >= 0.3 is 0 Å². The summed E-state index contributed by atoms with van der Waals surface area (Å²) in [5.74, 6) is 0.146. The fourth-order valence-corrected chi connectivity index (χ4v) is 3.20. The fourth-order valence-electron chi connectivity index (χ4n) is 2.48. The minimum atomic E-state index is -0.498. The van der Waals surface area contributed by atoms with Crippen LogP contribution in [0.15, 0.2) is 65.6 Å².